The first-order chi connectivity index (χ1) is 10.1. The summed E-state index contributed by atoms with van der Waals surface area (Å²) in [4.78, 5) is 11.8. The van der Waals surface area contributed by atoms with Gasteiger partial charge in [-0.15, -0.1) is 0 Å². The van der Waals surface area contributed by atoms with Gasteiger partial charge in [0.1, 0.15) is 17.6 Å². The number of halogens is 1. The van der Waals surface area contributed by atoms with Crippen LogP contribution >= 0.6 is 0 Å². The van der Waals surface area contributed by atoms with Gasteiger partial charge >= 0.3 is 0 Å². The molecular formula is C15H12FN3O2. The molecule has 0 aliphatic carbocycles. The minimum atomic E-state index is -0.504. The van der Waals surface area contributed by atoms with Crippen LogP contribution < -0.4 is 15.8 Å². The van der Waals surface area contributed by atoms with Gasteiger partial charge in [0.05, 0.1) is 16.9 Å². The molecule has 106 valence electrons. The Morgan fingerprint density at radius 3 is 2.86 bits per heavy atom. The Balaban J connectivity index is 2.00. The first-order valence-electron chi connectivity index (χ1n) is 6.07. The highest BCUT2D eigenvalue weighted by atomic mass is 19.1. The largest absolute Gasteiger partial charge is 0.482 e. The Hall–Kier alpha value is -3.07. The van der Waals surface area contributed by atoms with Gasteiger partial charge in [0.2, 0.25) is 0 Å². The molecule has 2 aromatic carbocycles. The number of nitriles is 1. The zero-order valence-electron chi connectivity index (χ0n) is 11.0. The average Bonchev–Trinajstić information content (AvgIpc) is 2.49. The molecule has 0 bridgehead atoms. The number of nitrogen functional groups attached to an aromatic ring is 1. The maximum absolute atomic E-state index is 13.1. The van der Waals surface area contributed by atoms with Gasteiger partial charge in [-0.05, 0) is 30.3 Å². The third-order valence-corrected chi connectivity index (χ3v) is 2.66. The van der Waals surface area contributed by atoms with Crippen LogP contribution in [0.15, 0.2) is 42.5 Å². The minimum Gasteiger partial charge on any atom is -0.482 e. The third-order valence-electron chi connectivity index (χ3n) is 2.66. The van der Waals surface area contributed by atoms with Crippen LogP contribution in [0.4, 0.5) is 15.8 Å². The quantitative estimate of drug-likeness (QED) is 0.844. The number of anilines is 2. The zero-order valence-corrected chi connectivity index (χ0v) is 11.0. The zero-order chi connectivity index (χ0) is 15.2. The van der Waals surface area contributed by atoms with Gasteiger partial charge in [0, 0.05) is 0 Å². The van der Waals surface area contributed by atoms with Gasteiger partial charge in [-0.3, -0.25) is 4.79 Å². The van der Waals surface area contributed by atoms with E-state index in [1.54, 1.807) is 24.3 Å². The highest BCUT2D eigenvalue weighted by molar-refractivity contribution is 5.94. The summed E-state index contributed by atoms with van der Waals surface area (Å²) in [6, 6.07) is 12.2. The SMILES string of the molecule is N#Cc1ccccc1OCC(=O)Nc1cc(F)ccc1N. The van der Waals surface area contributed by atoms with Crippen LogP contribution in [0.25, 0.3) is 0 Å². The summed E-state index contributed by atoms with van der Waals surface area (Å²) in [6.07, 6.45) is 0. The summed E-state index contributed by atoms with van der Waals surface area (Å²) < 4.78 is 18.3. The van der Waals surface area contributed by atoms with Crippen LogP contribution in [0.1, 0.15) is 5.56 Å². The lowest BCUT2D eigenvalue weighted by Crippen LogP contribution is -2.21. The summed E-state index contributed by atoms with van der Waals surface area (Å²) in [5, 5.41) is 11.3. The molecular weight excluding hydrogens is 273 g/mol. The molecule has 0 heterocycles. The number of ether oxygens (including phenoxy) is 1. The van der Waals surface area contributed by atoms with E-state index in [9.17, 15) is 9.18 Å². The Labute approximate surface area is 120 Å². The number of nitrogens with one attached hydrogen (secondary N) is 1. The van der Waals surface area contributed by atoms with Crippen molar-refractivity contribution in [2.24, 2.45) is 0 Å². The van der Waals surface area contributed by atoms with Crippen molar-refractivity contribution in [2.75, 3.05) is 17.7 Å². The van der Waals surface area contributed by atoms with Crippen molar-refractivity contribution in [3.63, 3.8) is 0 Å². The summed E-state index contributed by atoms with van der Waals surface area (Å²) in [5.74, 6) is -0.697. The molecule has 0 aromatic heterocycles. The van der Waals surface area contributed by atoms with Crippen molar-refractivity contribution in [3.05, 3.63) is 53.8 Å². The molecule has 0 aliphatic heterocycles. The van der Waals surface area contributed by atoms with Crippen molar-refractivity contribution in [2.45, 2.75) is 0 Å². The molecule has 3 N–H and O–H groups in total. The normalized spacial score (nSPS) is 9.71. The highest BCUT2D eigenvalue weighted by Crippen LogP contribution is 2.20. The van der Waals surface area contributed by atoms with Gasteiger partial charge in [0.15, 0.2) is 6.61 Å². The van der Waals surface area contributed by atoms with Crippen LogP contribution in [0.5, 0.6) is 5.75 Å². The summed E-state index contributed by atoms with van der Waals surface area (Å²) in [6.45, 7) is -0.311. The number of nitrogens with zero attached hydrogens (tertiary/aromatic N) is 1. The second kappa shape index (κ2) is 6.39. The van der Waals surface area contributed by atoms with E-state index in [-0.39, 0.29) is 18.0 Å². The molecule has 0 fully saturated rings. The van der Waals surface area contributed by atoms with Crippen molar-refractivity contribution in [1.29, 1.82) is 5.26 Å². The topological polar surface area (TPSA) is 88.1 Å². The standard InChI is InChI=1S/C15H12FN3O2/c16-11-5-6-12(18)13(7-11)19-15(20)9-21-14-4-2-1-3-10(14)8-17/h1-7H,9,18H2,(H,19,20). The lowest BCUT2D eigenvalue weighted by Gasteiger charge is -2.10. The van der Waals surface area contributed by atoms with E-state index in [2.05, 4.69) is 5.32 Å². The number of carbonyl (C=O) groups excluding carboxylic acids is 1. The Kier molecular flexibility index (Phi) is 4.36. The van der Waals surface area contributed by atoms with E-state index >= 15 is 0 Å². The third kappa shape index (κ3) is 3.70. The second-order valence-corrected chi connectivity index (χ2v) is 4.18. The first kappa shape index (κ1) is 14.3. The van der Waals surface area contributed by atoms with E-state index in [0.29, 0.717) is 11.3 Å². The maximum Gasteiger partial charge on any atom is 0.262 e. The highest BCUT2D eigenvalue weighted by Gasteiger charge is 2.09. The first-order valence-corrected chi connectivity index (χ1v) is 6.07. The number of para-hydroxylation sites is 1. The Morgan fingerprint density at radius 2 is 2.10 bits per heavy atom. The summed E-state index contributed by atoms with van der Waals surface area (Å²) in [5.41, 5.74) is 6.38. The maximum atomic E-state index is 13.1. The molecule has 0 radical (unpaired) electrons. The molecule has 0 saturated carbocycles. The average molecular weight is 285 g/mol. The van der Waals surface area contributed by atoms with Gasteiger partial charge in [-0.1, -0.05) is 12.1 Å². The van der Waals surface area contributed by atoms with Crippen LogP contribution in [-0.4, -0.2) is 12.5 Å². The lowest BCUT2D eigenvalue weighted by atomic mass is 10.2. The number of hydrogen-bond donors (Lipinski definition) is 2. The van der Waals surface area contributed by atoms with Crippen molar-refractivity contribution in [3.8, 4) is 11.8 Å². The monoisotopic (exact) mass is 285 g/mol. The van der Waals surface area contributed by atoms with Gasteiger partial charge < -0.3 is 15.8 Å². The molecule has 0 saturated heterocycles. The predicted molar refractivity (Wildman–Crippen MR) is 76.1 cm³/mol. The number of benzene rings is 2. The van der Waals surface area contributed by atoms with E-state index in [1.165, 1.54) is 12.1 Å². The molecule has 6 heteroatoms. The fourth-order valence-corrected chi connectivity index (χ4v) is 1.65. The van der Waals surface area contributed by atoms with E-state index in [0.717, 1.165) is 6.07 Å². The molecule has 0 atom stereocenters. The van der Waals surface area contributed by atoms with Gasteiger partial charge in [-0.25, -0.2) is 4.39 Å². The Morgan fingerprint density at radius 1 is 1.33 bits per heavy atom. The smallest absolute Gasteiger partial charge is 0.262 e. The van der Waals surface area contributed by atoms with Gasteiger partial charge in [0.25, 0.3) is 5.91 Å². The van der Waals surface area contributed by atoms with Crippen molar-refractivity contribution in [1.82, 2.24) is 0 Å². The number of amides is 1. The second-order valence-electron chi connectivity index (χ2n) is 4.18. The predicted octanol–water partition coefficient (Wildman–Crippen LogP) is 2.30. The van der Waals surface area contributed by atoms with Crippen LogP contribution in [0.2, 0.25) is 0 Å². The number of nitrogens with two attached hydrogens (primary N) is 1. The van der Waals surface area contributed by atoms with E-state index in [1.807, 2.05) is 6.07 Å². The van der Waals surface area contributed by atoms with Crippen molar-refractivity contribution >= 4 is 17.3 Å². The fourth-order valence-electron chi connectivity index (χ4n) is 1.65. The number of carbonyl (C=O) groups is 1. The van der Waals surface area contributed by atoms with E-state index < -0.39 is 11.7 Å². The lowest BCUT2D eigenvalue weighted by molar-refractivity contribution is -0.118. The molecule has 0 unspecified atom stereocenters. The molecule has 0 aliphatic rings. The molecule has 5 nitrogen and oxygen atoms in total. The molecule has 1 amide bonds. The Bertz CT molecular complexity index is 710. The molecule has 0 spiro atoms. The minimum absolute atomic E-state index is 0.178. The summed E-state index contributed by atoms with van der Waals surface area (Å²) in [7, 11) is 0. The van der Waals surface area contributed by atoms with Crippen molar-refractivity contribution < 1.29 is 13.9 Å². The fraction of sp³-hybridized carbons (Fsp3) is 0.0667. The van der Waals surface area contributed by atoms with E-state index in [4.69, 9.17) is 15.7 Å². The van der Waals surface area contributed by atoms with Gasteiger partial charge in [-0.2, -0.15) is 5.26 Å². The molecule has 21 heavy (non-hydrogen) atoms. The molecule has 2 rings (SSSR count). The molecule has 2 aromatic rings. The van der Waals surface area contributed by atoms with Crippen LogP contribution in [-0.2, 0) is 4.79 Å². The van der Waals surface area contributed by atoms with Crippen LogP contribution in [0.3, 0.4) is 0 Å². The van der Waals surface area contributed by atoms with Crippen LogP contribution in [0, 0.1) is 17.1 Å². The summed E-state index contributed by atoms with van der Waals surface area (Å²) >= 11 is 0. The number of hydrogen-bond acceptors (Lipinski definition) is 4. The number of rotatable bonds is 4.